The largest absolute Gasteiger partial charge is 0.488 e. The molecule has 1 N–H and O–H groups in total. The highest BCUT2D eigenvalue weighted by molar-refractivity contribution is 9.10. The molecule has 3 aromatic rings. The zero-order valence-electron chi connectivity index (χ0n) is 17.7. The van der Waals surface area contributed by atoms with Crippen LogP contribution in [0.5, 0.6) is 5.75 Å². The van der Waals surface area contributed by atoms with Crippen LogP contribution < -0.4 is 10.1 Å². The van der Waals surface area contributed by atoms with Crippen LogP contribution in [0.2, 0.25) is 0 Å². The lowest BCUT2D eigenvalue weighted by Gasteiger charge is -2.10. The monoisotopic (exact) mass is 474 g/mol. The molecule has 3 aromatic carbocycles. The van der Waals surface area contributed by atoms with Crippen LogP contribution in [0.3, 0.4) is 0 Å². The summed E-state index contributed by atoms with van der Waals surface area (Å²) in [6.45, 7) is 6.41. The molecule has 0 saturated heterocycles. The predicted octanol–water partition coefficient (Wildman–Crippen LogP) is 6.50. The van der Waals surface area contributed by atoms with Crippen molar-refractivity contribution in [2.24, 2.45) is 0 Å². The molecular weight excluding hydrogens is 452 g/mol. The van der Waals surface area contributed by atoms with E-state index in [0.29, 0.717) is 18.0 Å². The standard InChI is InChI=1S/C26H23BrN2O2/c1-17-4-7-20(8-5-17)16-31-25-11-9-21(14-23(25)27)13-22(15-28)26(30)29-24-10-6-18(2)12-19(24)3/h4-14H,16H2,1-3H3,(H,29,30)/b22-13+. The van der Waals surface area contributed by atoms with Crippen molar-refractivity contribution in [2.45, 2.75) is 27.4 Å². The maximum absolute atomic E-state index is 12.6. The van der Waals surface area contributed by atoms with E-state index < -0.39 is 5.91 Å². The van der Waals surface area contributed by atoms with Gasteiger partial charge in [-0.05, 0) is 77.7 Å². The van der Waals surface area contributed by atoms with Crippen molar-refractivity contribution in [3.05, 3.63) is 98.5 Å². The first-order valence-corrected chi connectivity index (χ1v) is 10.6. The third-order valence-corrected chi connectivity index (χ3v) is 5.40. The van der Waals surface area contributed by atoms with Gasteiger partial charge < -0.3 is 10.1 Å². The van der Waals surface area contributed by atoms with Gasteiger partial charge in [-0.2, -0.15) is 5.26 Å². The van der Waals surface area contributed by atoms with E-state index in [-0.39, 0.29) is 5.57 Å². The maximum Gasteiger partial charge on any atom is 0.266 e. The molecule has 0 unspecified atom stereocenters. The number of halogens is 1. The number of carbonyl (C=O) groups excluding carboxylic acids is 1. The van der Waals surface area contributed by atoms with Crippen molar-refractivity contribution in [1.82, 2.24) is 0 Å². The van der Waals surface area contributed by atoms with E-state index in [9.17, 15) is 10.1 Å². The third kappa shape index (κ3) is 6.07. The Morgan fingerprint density at radius 3 is 2.39 bits per heavy atom. The first kappa shape index (κ1) is 22.3. The van der Waals surface area contributed by atoms with Crippen molar-refractivity contribution in [1.29, 1.82) is 5.26 Å². The Hall–Kier alpha value is -3.36. The van der Waals surface area contributed by atoms with Gasteiger partial charge in [0.05, 0.1) is 4.47 Å². The van der Waals surface area contributed by atoms with Crippen molar-refractivity contribution in [3.8, 4) is 11.8 Å². The fourth-order valence-electron chi connectivity index (χ4n) is 3.03. The highest BCUT2D eigenvalue weighted by Gasteiger charge is 2.12. The molecule has 0 spiro atoms. The van der Waals surface area contributed by atoms with Crippen molar-refractivity contribution < 1.29 is 9.53 Å². The van der Waals surface area contributed by atoms with Crippen LogP contribution in [0.1, 0.15) is 27.8 Å². The number of aryl methyl sites for hydroxylation is 3. The van der Waals surface area contributed by atoms with Gasteiger partial charge in [0.1, 0.15) is 24.0 Å². The zero-order chi connectivity index (χ0) is 22.4. The minimum Gasteiger partial charge on any atom is -0.488 e. The van der Waals surface area contributed by atoms with Crippen LogP contribution in [0.15, 0.2) is 70.7 Å². The molecule has 0 aromatic heterocycles. The number of nitrogens with zero attached hydrogens (tertiary/aromatic N) is 1. The molecule has 0 bridgehead atoms. The molecule has 0 aliphatic heterocycles. The summed E-state index contributed by atoms with van der Waals surface area (Å²) in [7, 11) is 0. The maximum atomic E-state index is 12.6. The normalized spacial score (nSPS) is 11.0. The van der Waals surface area contributed by atoms with Gasteiger partial charge in [-0.3, -0.25) is 4.79 Å². The number of rotatable bonds is 6. The lowest BCUT2D eigenvalue weighted by molar-refractivity contribution is -0.112. The summed E-state index contributed by atoms with van der Waals surface area (Å²) in [6, 6.07) is 21.4. The van der Waals surface area contributed by atoms with E-state index in [1.807, 2.05) is 87.5 Å². The average molecular weight is 475 g/mol. The van der Waals surface area contributed by atoms with E-state index in [1.165, 1.54) is 5.56 Å². The Kier molecular flexibility index (Phi) is 7.28. The Labute approximate surface area is 191 Å². The van der Waals surface area contributed by atoms with Gasteiger partial charge in [-0.15, -0.1) is 0 Å². The Balaban J connectivity index is 1.71. The van der Waals surface area contributed by atoms with Crippen LogP contribution in [0.25, 0.3) is 6.08 Å². The SMILES string of the molecule is Cc1ccc(COc2ccc(/C=C(\C#N)C(=O)Nc3ccc(C)cc3C)cc2Br)cc1. The number of ether oxygens (including phenoxy) is 1. The van der Waals surface area contributed by atoms with Gasteiger partial charge in [0, 0.05) is 5.69 Å². The highest BCUT2D eigenvalue weighted by atomic mass is 79.9. The molecule has 0 heterocycles. The molecule has 0 saturated carbocycles. The van der Waals surface area contributed by atoms with Crippen LogP contribution in [-0.2, 0) is 11.4 Å². The zero-order valence-corrected chi connectivity index (χ0v) is 19.3. The molecule has 1 amide bonds. The van der Waals surface area contributed by atoms with E-state index in [2.05, 4.69) is 21.2 Å². The van der Waals surface area contributed by atoms with E-state index in [0.717, 1.165) is 26.7 Å². The third-order valence-electron chi connectivity index (χ3n) is 4.78. The number of carbonyl (C=O) groups is 1. The molecule has 31 heavy (non-hydrogen) atoms. The molecule has 3 rings (SSSR count). The summed E-state index contributed by atoms with van der Waals surface area (Å²) in [4.78, 5) is 12.6. The van der Waals surface area contributed by atoms with Crippen LogP contribution in [0, 0.1) is 32.1 Å². The Bertz CT molecular complexity index is 1180. The molecular formula is C26H23BrN2O2. The predicted molar refractivity (Wildman–Crippen MR) is 128 cm³/mol. The second-order valence-corrected chi connectivity index (χ2v) is 8.26. The minimum atomic E-state index is -0.440. The fraction of sp³-hybridized carbons (Fsp3) is 0.154. The van der Waals surface area contributed by atoms with Gasteiger partial charge in [0.25, 0.3) is 5.91 Å². The molecule has 0 radical (unpaired) electrons. The molecule has 5 heteroatoms. The van der Waals surface area contributed by atoms with E-state index in [1.54, 1.807) is 6.08 Å². The van der Waals surface area contributed by atoms with Gasteiger partial charge in [0.15, 0.2) is 0 Å². The number of anilines is 1. The second-order valence-electron chi connectivity index (χ2n) is 7.41. The highest BCUT2D eigenvalue weighted by Crippen LogP contribution is 2.28. The number of hydrogen-bond donors (Lipinski definition) is 1. The minimum absolute atomic E-state index is 0.0280. The molecule has 156 valence electrons. The number of benzene rings is 3. The quantitative estimate of drug-likeness (QED) is 0.327. The summed E-state index contributed by atoms with van der Waals surface area (Å²) in [5.74, 6) is 0.251. The number of nitriles is 1. The van der Waals surface area contributed by atoms with Gasteiger partial charge >= 0.3 is 0 Å². The molecule has 0 fully saturated rings. The number of hydrogen-bond acceptors (Lipinski definition) is 3. The summed E-state index contributed by atoms with van der Waals surface area (Å²) in [5.41, 5.74) is 5.79. The van der Waals surface area contributed by atoms with Crippen molar-refractivity contribution in [3.63, 3.8) is 0 Å². The van der Waals surface area contributed by atoms with Crippen LogP contribution in [-0.4, -0.2) is 5.91 Å². The van der Waals surface area contributed by atoms with E-state index in [4.69, 9.17) is 4.74 Å². The van der Waals surface area contributed by atoms with E-state index >= 15 is 0 Å². The Morgan fingerprint density at radius 1 is 1.03 bits per heavy atom. The first-order chi connectivity index (χ1) is 14.9. The van der Waals surface area contributed by atoms with Gasteiger partial charge in [0.2, 0.25) is 0 Å². The molecule has 0 aliphatic rings. The number of amides is 1. The number of nitrogens with one attached hydrogen (secondary N) is 1. The second kappa shape index (κ2) is 10.1. The lowest BCUT2D eigenvalue weighted by atomic mass is 10.1. The fourth-order valence-corrected chi connectivity index (χ4v) is 3.54. The van der Waals surface area contributed by atoms with Crippen LogP contribution in [0.4, 0.5) is 5.69 Å². The summed E-state index contributed by atoms with van der Waals surface area (Å²) in [5, 5.41) is 12.3. The van der Waals surface area contributed by atoms with Crippen LogP contribution >= 0.6 is 15.9 Å². The Morgan fingerprint density at radius 2 is 1.74 bits per heavy atom. The summed E-state index contributed by atoms with van der Waals surface area (Å²) in [6.07, 6.45) is 1.56. The van der Waals surface area contributed by atoms with Gasteiger partial charge in [-0.1, -0.05) is 53.6 Å². The smallest absolute Gasteiger partial charge is 0.266 e. The van der Waals surface area contributed by atoms with Gasteiger partial charge in [-0.25, -0.2) is 0 Å². The molecule has 0 atom stereocenters. The lowest BCUT2D eigenvalue weighted by Crippen LogP contribution is -2.14. The summed E-state index contributed by atoms with van der Waals surface area (Å²) < 4.78 is 6.64. The topological polar surface area (TPSA) is 62.1 Å². The van der Waals surface area contributed by atoms with Crippen molar-refractivity contribution in [2.75, 3.05) is 5.32 Å². The summed E-state index contributed by atoms with van der Waals surface area (Å²) >= 11 is 3.51. The molecule has 0 aliphatic carbocycles. The molecule has 4 nitrogen and oxygen atoms in total. The average Bonchev–Trinajstić information content (AvgIpc) is 2.74. The first-order valence-electron chi connectivity index (χ1n) is 9.84. The van der Waals surface area contributed by atoms with Crippen molar-refractivity contribution >= 4 is 33.6 Å².